The topological polar surface area (TPSA) is 38.7 Å². The number of rotatable bonds is 4. The molecular formula is C16H17F4NO2S. The Balaban J connectivity index is 2.20. The number of halogens is 4. The molecule has 1 aromatic carbocycles. The van der Waals surface area contributed by atoms with E-state index in [1.54, 1.807) is 13.8 Å². The van der Waals surface area contributed by atoms with Crippen LogP contribution in [0.5, 0.6) is 0 Å². The number of nitrogens with zero attached hydrogens (tertiary/aromatic N) is 1. The minimum Gasteiger partial charge on any atom is -0.467 e. The Hall–Kier alpha value is -1.57. The van der Waals surface area contributed by atoms with E-state index in [1.807, 2.05) is 0 Å². The Morgan fingerprint density at radius 1 is 1.33 bits per heavy atom. The summed E-state index contributed by atoms with van der Waals surface area (Å²) in [5.41, 5.74) is -1.36. The van der Waals surface area contributed by atoms with Crippen LogP contribution in [0, 0.1) is 5.82 Å². The molecule has 1 aliphatic rings. The molecule has 1 heterocycles. The predicted octanol–water partition coefficient (Wildman–Crippen LogP) is 4.24. The normalized spacial score (nSPS) is 20.0. The van der Waals surface area contributed by atoms with Crippen LogP contribution in [0.1, 0.15) is 31.4 Å². The SMILES string of the molecule is COC(=O)C1N=C(CCc2c(F)cccc2C(F)(F)F)SC1(C)C. The van der Waals surface area contributed by atoms with Crippen molar-refractivity contribution in [3.05, 3.63) is 35.1 Å². The minimum atomic E-state index is -4.62. The molecule has 3 nitrogen and oxygen atoms in total. The zero-order valence-electron chi connectivity index (χ0n) is 13.4. The van der Waals surface area contributed by atoms with Crippen LogP contribution >= 0.6 is 11.8 Å². The summed E-state index contributed by atoms with van der Waals surface area (Å²) >= 11 is 1.30. The van der Waals surface area contributed by atoms with Crippen molar-refractivity contribution in [3.8, 4) is 0 Å². The molecule has 0 N–H and O–H groups in total. The van der Waals surface area contributed by atoms with Crippen LogP contribution in [0.15, 0.2) is 23.2 Å². The van der Waals surface area contributed by atoms with E-state index >= 15 is 0 Å². The van der Waals surface area contributed by atoms with Crippen LogP contribution < -0.4 is 0 Å². The standard InChI is InChI=1S/C16H17F4NO2S/c1-15(2)13(14(22)23-3)21-12(24-15)8-7-9-10(16(18,19)20)5-4-6-11(9)17/h4-6,13H,7-8H2,1-3H3. The molecule has 0 aromatic heterocycles. The van der Waals surface area contributed by atoms with Crippen molar-refractivity contribution >= 4 is 22.8 Å². The first-order chi connectivity index (χ1) is 11.1. The maximum atomic E-state index is 13.8. The average Bonchev–Trinajstić information content (AvgIpc) is 2.78. The summed E-state index contributed by atoms with van der Waals surface area (Å²) in [6, 6.07) is 2.20. The molecule has 0 radical (unpaired) electrons. The van der Waals surface area contributed by atoms with Crippen molar-refractivity contribution in [1.82, 2.24) is 0 Å². The van der Waals surface area contributed by atoms with Gasteiger partial charge in [0, 0.05) is 10.3 Å². The largest absolute Gasteiger partial charge is 0.467 e. The fourth-order valence-corrected chi connectivity index (χ4v) is 3.79. The van der Waals surface area contributed by atoms with Gasteiger partial charge < -0.3 is 4.74 Å². The van der Waals surface area contributed by atoms with Crippen LogP contribution in [0.3, 0.4) is 0 Å². The predicted molar refractivity (Wildman–Crippen MR) is 84.6 cm³/mol. The van der Waals surface area contributed by atoms with E-state index in [-0.39, 0.29) is 18.4 Å². The fourth-order valence-electron chi connectivity index (χ4n) is 2.56. The second kappa shape index (κ2) is 6.74. The van der Waals surface area contributed by atoms with Gasteiger partial charge in [-0.2, -0.15) is 13.2 Å². The third-order valence-corrected chi connectivity index (χ3v) is 5.04. The first kappa shape index (κ1) is 18.8. The summed E-state index contributed by atoms with van der Waals surface area (Å²) in [5.74, 6) is -1.39. The number of benzene rings is 1. The van der Waals surface area contributed by atoms with Crippen molar-refractivity contribution in [2.75, 3.05) is 7.11 Å². The maximum absolute atomic E-state index is 13.8. The summed E-state index contributed by atoms with van der Waals surface area (Å²) in [4.78, 5) is 16.0. The van der Waals surface area contributed by atoms with Gasteiger partial charge in [0.15, 0.2) is 6.04 Å². The van der Waals surface area contributed by atoms with Crippen molar-refractivity contribution in [3.63, 3.8) is 0 Å². The van der Waals surface area contributed by atoms with E-state index in [0.717, 1.165) is 18.2 Å². The van der Waals surface area contributed by atoms with Gasteiger partial charge in [-0.25, -0.2) is 9.18 Å². The quantitative estimate of drug-likeness (QED) is 0.593. The van der Waals surface area contributed by atoms with Gasteiger partial charge in [-0.15, -0.1) is 11.8 Å². The number of carbonyl (C=O) groups is 1. The number of hydrogen-bond acceptors (Lipinski definition) is 4. The van der Waals surface area contributed by atoms with Gasteiger partial charge in [-0.3, -0.25) is 4.99 Å². The zero-order valence-corrected chi connectivity index (χ0v) is 14.2. The van der Waals surface area contributed by atoms with E-state index < -0.39 is 34.3 Å². The lowest BCUT2D eigenvalue weighted by atomic mass is 10.0. The summed E-state index contributed by atoms with van der Waals surface area (Å²) < 4.78 is 57.0. The summed E-state index contributed by atoms with van der Waals surface area (Å²) in [6.45, 7) is 3.61. The summed E-state index contributed by atoms with van der Waals surface area (Å²) in [6.07, 6.45) is -4.63. The Morgan fingerprint density at radius 3 is 2.58 bits per heavy atom. The highest BCUT2D eigenvalue weighted by Crippen LogP contribution is 2.40. The molecule has 24 heavy (non-hydrogen) atoms. The Morgan fingerprint density at radius 2 is 2.00 bits per heavy atom. The maximum Gasteiger partial charge on any atom is 0.416 e. The first-order valence-electron chi connectivity index (χ1n) is 7.24. The molecule has 1 atom stereocenters. The number of alkyl halides is 3. The third kappa shape index (κ3) is 3.91. The van der Waals surface area contributed by atoms with Crippen LogP contribution in [0.2, 0.25) is 0 Å². The van der Waals surface area contributed by atoms with Crippen molar-refractivity contribution in [2.24, 2.45) is 4.99 Å². The Bertz CT molecular complexity index is 671. The molecule has 132 valence electrons. The monoisotopic (exact) mass is 363 g/mol. The lowest BCUT2D eigenvalue weighted by Crippen LogP contribution is -2.35. The average molecular weight is 363 g/mol. The molecule has 8 heteroatoms. The number of hydrogen-bond donors (Lipinski definition) is 0. The fraction of sp³-hybridized carbons (Fsp3) is 0.500. The Labute approximate surface area is 141 Å². The van der Waals surface area contributed by atoms with Crippen molar-refractivity contribution in [2.45, 2.75) is 43.7 Å². The highest BCUT2D eigenvalue weighted by Gasteiger charge is 2.43. The van der Waals surface area contributed by atoms with Gasteiger partial charge >= 0.3 is 12.1 Å². The van der Waals surface area contributed by atoms with E-state index in [2.05, 4.69) is 4.99 Å². The molecule has 2 rings (SSSR count). The smallest absolute Gasteiger partial charge is 0.416 e. The first-order valence-corrected chi connectivity index (χ1v) is 8.06. The van der Waals surface area contributed by atoms with Crippen LogP contribution in [0.25, 0.3) is 0 Å². The van der Waals surface area contributed by atoms with E-state index in [4.69, 9.17) is 4.74 Å². The highest BCUT2D eigenvalue weighted by molar-refractivity contribution is 8.15. The van der Waals surface area contributed by atoms with Gasteiger partial charge in [0.25, 0.3) is 0 Å². The molecular weight excluding hydrogens is 346 g/mol. The Kier molecular flexibility index (Phi) is 5.27. The van der Waals surface area contributed by atoms with Gasteiger partial charge in [-0.05, 0) is 38.8 Å². The van der Waals surface area contributed by atoms with Crippen LogP contribution in [-0.4, -0.2) is 28.9 Å². The molecule has 0 saturated heterocycles. The lowest BCUT2D eigenvalue weighted by Gasteiger charge is -2.21. The molecule has 0 spiro atoms. The molecule has 0 amide bonds. The number of carbonyl (C=O) groups excluding carboxylic acids is 1. The summed E-state index contributed by atoms with van der Waals surface area (Å²) in [7, 11) is 1.26. The van der Waals surface area contributed by atoms with Gasteiger partial charge in [0.05, 0.1) is 17.7 Å². The second-order valence-corrected chi connectivity index (χ2v) is 7.65. The minimum absolute atomic E-state index is 0.131. The highest BCUT2D eigenvalue weighted by atomic mass is 32.2. The van der Waals surface area contributed by atoms with Gasteiger partial charge in [-0.1, -0.05) is 6.07 Å². The second-order valence-electron chi connectivity index (χ2n) is 5.92. The van der Waals surface area contributed by atoms with Gasteiger partial charge in [0.1, 0.15) is 5.82 Å². The number of ether oxygens (including phenoxy) is 1. The number of methoxy groups -OCH3 is 1. The number of thioether (sulfide) groups is 1. The third-order valence-electron chi connectivity index (χ3n) is 3.75. The lowest BCUT2D eigenvalue weighted by molar-refractivity contribution is -0.142. The molecule has 0 bridgehead atoms. The summed E-state index contributed by atoms with van der Waals surface area (Å²) in [5, 5.41) is 0.520. The van der Waals surface area contributed by atoms with Gasteiger partial charge in [0.2, 0.25) is 0 Å². The van der Waals surface area contributed by atoms with E-state index in [0.29, 0.717) is 5.04 Å². The van der Waals surface area contributed by atoms with Crippen molar-refractivity contribution in [1.29, 1.82) is 0 Å². The van der Waals surface area contributed by atoms with Crippen molar-refractivity contribution < 1.29 is 27.1 Å². The molecule has 1 unspecified atom stereocenters. The van der Waals surface area contributed by atoms with Crippen LogP contribution in [-0.2, 0) is 22.1 Å². The molecule has 0 aliphatic carbocycles. The van der Waals surface area contributed by atoms with E-state index in [1.165, 1.54) is 18.9 Å². The number of aliphatic imine (C=N–C) groups is 1. The molecule has 1 aromatic rings. The zero-order chi connectivity index (χ0) is 18.1. The molecule has 0 saturated carbocycles. The van der Waals surface area contributed by atoms with Crippen LogP contribution in [0.4, 0.5) is 17.6 Å². The van der Waals surface area contributed by atoms with E-state index in [9.17, 15) is 22.4 Å². The number of esters is 1. The molecule has 1 aliphatic heterocycles. The molecule has 0 fully saturated rings.